The summed E-state index contributed by atoms with van der Waals surface area (Å²) in [5.41, 5.74) is 1.72. The molecule has 1 amide bonds. The number of nitriles is 1. The molecule has 13 heavy (non-hydrogen) atoms. The molecule has 0 aliphatic carbocycles. The molecule has 1 saturated heterocycles. The molecule has 1 aromatic carbocycles. The van der Waals surface area contributed by atoms with E-state index in [0.29, 0.717) is 12.0 Å². The molecule has 1 aliphatic rings. The smallest absolute Gasteiger partial charge is 0.222 e. The van der Waals surface area contributed by atoms with Crippen molar-refractivity contribution >= 4 is 5.91 Å². The van der Waals surface area contributed by atoms with Crippen LogP contribution in [0.25, 0.3) is 0 Å². The Labute approximate surface area is 76.0 Å². The van der Waals surface area contributed by atoms with Crippen LogP contribution in [-0.4, -0.2) is 5.91 Å². The number of nitrogens with one attached hydrogen (secondary N) is 1. The van der Waals surface area contributed by atoms with E-state index in [1.807, 2.05) is 12.1 Å². The molecule has 1 aliphatic heterocycles. The molecule has 0 unspecified atom stereocenters. The van der Waals surface area contributed by atoms with E-state index >= 15 is 0 Å². The summed E-state index contributed by atoms with van der Waals surface area (Å²) in [6, 6.07) is 9.49. The molecule has 2 rings (SSSR count). The quantitative estimate of drug-likeness (QED) is 0.645. The number of carbonyl (C=O) groups excluding carboxylic acids is 1. The van der Waals surface area contributed by atoms with Crippen molar-refractivity contribution in [3.63, 3.8) is 0 Å². The number of rotatable bonds is 1. The minimum absolute atomic E-state index is 0.0920. The van der Waals surface area contributed by atoms with Crippen LogP contribution < -0.4 is 5.32 Å². The predicted octanol–water partition coefficient (Wildman–Crippen LogP) is 1.12. The van der Waals surface area contributed by atoms with Gasteiger partial charge in [-0.1, -0.05) is 12.1 Å². The van der Waals surface area contributed by atoms with Crippen molar-refractivity contribution in [2.75, 3.05) is 0 Å². The highest BCUT2D eigenvalue weighted by molar-refractivity contribution is 5.83. The lowest BCUT2D eigenvalue weighted by molar-refractivity contribution is -0.128. The topological polar surface area (TPSA) is 52.9 Å². The molecule has 3 nitrogen and oxygen atoms in total. The Morgan fingerprint density at radius 2 is 2.00 bits per heavy atom. The highest BCUT2D eigenvalue weighted by Crippen LogP contribution is 2.23. The molecule has 1 aromatic rings. The zero-order valence-electron chi connectivity index (χ0n) is 6.95. The van der Waals surface area contributed by atoms with Crippen LogP contribution in [0.1, 0.15) is 23.6 Å². The third-order valence-corrected chi connectivity index (χ3v) is 2.17. The van der Waals surface area contributed by atoms with Crippen LogP contribution in [0, 0.1) is 11.3 Å². The molecule has 0 radical (unpaired) electrons. The highest BCUT2D eigenvalue weighted by atomic mass is 16.2. The Morgan fingerprint density at radius 3 is 2.46 bits per heavy atom. The van der Waals surface area contributed by atoms with Gasteiger partial charge in [-0.05, 0) is 17.7 Å². The van der Waals surface area contributed by atoms with Gasteiger partial charge >= 0.3 is 0 Å². The van der Waals surface area contributed by atoms with Gasteiger partial charge in [-0.15, -0.1) is 0 Å². The van der Waals surface area contributed by atoms with Crippen molar-refractivity contribution in [3.8, 4) is 6.07 Å². The number of hydrogen-bond donors (Lipinski definition) is 1. The van der Waals surface area contributed by atoms with E-state index in [2.05, 4.69) is 11.4 Å². The number of amides is 1. The van der Waals surface area contributed by atoms with Crippen molar-refractivity contribution < 1.29 is 4.79 Å². The van der Waals surface area contributed by atoms with Crippen LogP contribution in [0.4, 0.5) is 0 Å². The van der Waals surface area contributed by atoms with Gasteiger partial charge in [0.2, 0.25) is 5.91 Å². The SMILES string of the molecule is N#Cc1ccc([C@H]2CC(=O)N2)cc1. The lowest BCUT2D eigenvalue weighted by Crippen LogP contribution is -2.41. The first kappa shape index (κ1) is 7.81. The van der Waals surface area contributed by atoms with Gasteiger partial charge in [0.25, 0.3) is 0 Å². The van der Waals surface area contributed by atoms with E-state index in [-0.39, 0.29) is 11.9 Å². The van der Waals surface area contributed by atoms with Gasteiger partial charge in [-0.3, -0.25) is 4.79 Å². The summed E-state index contributed by atoms with van der Waals surface area (Å²) < 4.78 is 0. The fourth-order valence-corrected chi connectivity index (χ4v) is 1.35. The zero-order valence-corrected chi connectivity index (χ0v) is 6.95. The molecule has 0 aromatic heterocycles. The zero-order chi connectivity index (χ0) is 9.26. The van der Waals surface area contributed by atoms with E-state index in [1.165, 1.54) is 0 Å². The van der Waals surface area contributed by atoms with Gasteiger partial charge in [0.05, 0.1) is 24.1 Å². The minimum atomic E-state index is 0.0920. The number of β-lactam (4-membered cyclic amide) rings is 1. The maximum Gasteiger partial charge on any atom is 0.222 e. The van der Waals surface area contributed by atoms with E-state index in [4.69, 9.17) is 5.26 Å². The Balaban J connectivity index is 2.15. The average molecular weight is 172 g/mol. The third kappa shape index (κ3) is 1.38. The van der Waals surface area contributed by atoms with Crippen molar-refractivity contribution in [1.82, 2.24) is 5.32 Å². The van der Waals surface area contributed by atoms with E-state index < -0.39 is 0 Å². The Kier molecular flexibility index (Phi) is 1.75. The molecule has 0 bridgehead atoms. The molecule has 64 valence electrons. The Hall–Kier alpha value is -1.82. The monoisotopic (exact) mass is 172 g/mol. The summed E-state index contributed by atoms with van der Waals surface area (Å²) >= 11 is 0. The second kappa shape index (κ2) is 2.91. The molecule has 0 saturated carbocycles. The molecular weight excluding hydrogens is 164 g/mol. The van der Waals surface area contributed by atoms with Crippen molar-refractivity contribution in [1.29, 1.82) is 5.26 Å². The Morgan fingerprint density at radius 1 is 1.38 bits per heavy atom. The minimum Gasteiger partial charge on any atom is -0.349 e. The van der Waals surface area contributed by atoms with Gasteiger partial charge < -0.3 is 5.32 Å². The second-order valence-electron chi connectivity index (χ2n) is 3.06. The predicted molar refractivity (Wildman–Crippen MR) is 46.7 cm³/mol. The van der Waals surface area contributed by atoms with Crippen LogP contribution in [0.3, 0.4) is 0 Å². The van der Waals surface area contributed by atoms with Crippen LogP contribution in [0.5, 0.6) is 0 Å². The van der Waals surface area contributed by atoms with E-state index in [9.17, 15) is 4.79 Å². The highest BCUT2D eigenvalue weighted by Gasteiger charge is 2.26. The first-order chi connectivity index (χ1) is 6.29. The number of nitrogens with zero attached hydrogens (tertiary/aromatic N) is 1. The van der Waals surface area contributed by atoms with Crippen molar-refractivity contribution in [3.05, 3.63) is 35.4 Å². The molecule has 1 N–H and O–H groups in total. The fraction of sp³-hybridized carbons (Fsp3) is 0.200. The molecule has 1 heterocycles. The summed E-state index contributed by atoms with van der Waals surface area (Å²) in [5, 5.41) is 11.3. The van der Waals surface area contributed by atoms with Crippen LogP contribution in [0.15, 0.2) is 24.3 Å². The summed E-state index contributed by atoms with van der Waals surface area (Å²) in [6.45, 7) is 0. The Bertz CT molecular complexity index is 367. The standard InChI is InChI=1S/C10H8N2O/c11-6-7-1-3-8(4-2-7)9-5-10(13)12-9/h1-4,9H,5H2,(H,12,13)/t9-/m1/s1. The van der Waals surface area contributed by atoms with Crippen LogP contribution in [-0.2, 0) is 4.79 Å². The van der Waals surface area contributed by atoms with Crippen LogP contribution >= 0.6 is 0 Å². The average Bonchev–Trinajstić information content (AvgIpc) is 2.13. The summed E-state index contributed by atoms with van der Waals surface area (Å²) in [4.78, 5) is 10.6. The van der Waals surface area contributed by atoms with Crippen LogP contribution in [0.2, 0.25) is 0 Å². The maximum atomic E-state index is 10.6. The first-order valence-electron chi connectivity index (χ1n) is 4.09. The van der Waals surface area contributed by atoms with Gasteiger partial charge in [0, 0.05) is 0 Å². The second-order valence-corrected chi connectivity index (χ2v) is 3.06. The van der Waals surface area contributed by atoms with Crippen molar-refractivity contribution in [2.24, 2.45) is 0 Å². The van der Waals surface area contributed by atoms with E-state index in [0.717, 1.165) is 5.56 Å². The molecular formula is C10H8N2O. The fourth-order valence-electron chi connectivity index (χ4n) is 1.35. The van der Waals surface area contributed by atoms with Gasteiger partial charge in [-0.25, -0.2) is 0 Å². The largest absolute Gasteiger partial charge is 0.349 e. The van der Waals surface area contributed by atoms with Gasteiger partial charge in [0.15, 0.2) is 0 Å². The molecule has 1 fully saturated rings. The maximum absolute atomic E-state index is 10.6. The molecule has 1 atom stereocenters. The van der Waals surface area contributed by atoms with Gasteiger partial charge in [-0.2, -0.15) is 5.26 Å². The molecule has 3 heteroatoms. The summed E-state index contributed by atoms with van der Waals surface area (Å²) in [6.07, 6.45) is 0.561. The van der Waals surface area contributed by atoms with E-state index in [1.54, 1.807) is 12.1 Å². The number of hydrogen-bond acceptors (Lipinski definition) is 2. The summed E-state index contributed by atoms with van der Waals surface area (Å²) in [7, 11) is 0. The lowest BCUT2D eigenvalue weighted by atomic mass is 9.96. The number of benzene rings is 1. The number of carbonyl (C=O) groups is 1. The lowest BCUT2D eigenvalue weighted by Gasteiger charge is -2.27. The normalized spacial score (nSPS) is 19.9. The summed E-state index contributed by atoms with van der Waals surface area (Å²) in [5.74, 6) is 0.0920. The van der Waals surface area contributed by atoms with Gasteiger partial charge in [0.1, 0.15) is 0 Å². The third-order valence-electron chi connectivity index (χ3n) is 2.17. The molecule has 0 spiro atoms. The van der Waals surface area contributed by atoms with Crippen molar-refractivity contribution in [2.45, 2.75) is 12.5 Å². The first-order valence-corrected chi connectivity index (χ1v) is 4.09.